The molecule has 0 heterocycles. The van der Waals surface area contributed by atoms with Gasteiger partial charge >= 0.3 is 11.9 Å². The number of hydrogen-bond donors (Lipinski definition) is 1. The van der Waals surface area contributed by atoms with Crippen LogP contribution in [0, 0.1) is 11.8 Å². The highest BCUT2D eigenvalue weighted by Crippen LogP contribution is 2.27. The van der Waals surface area contributed by atoms with Crippen molar-refractivity contribution >= 4 is 29.5 Å². The Morgan fingerprint density at radius 2 is 1.33 bits per heavy atom. The van der Waals surface area contributed by atoms with Gasteiger partial charge in [0.2, 0.25) is 5.91 Å². The Hall–Kier alpha value is -3.16. The molecule has 0 fully saturated rings. The Kier molecular flexibility index (Phi) is 7.74. The van der Waals surface area contributed by atoms with Gasteiger partial charge in [0.1, 0.15) is 0 Å². The number of carboxylic acid groups (broad SMARTS) is 1. The van der Waals surface area contributed by atoms with Crippen molar-refractivity contribution in [3.63, 3.8) is 0 Å². The van der Waals surface area contributed by atoms with E-state index in [2.05, 4.69) is 5.32 Å². The van der Waals surface area contributed by atoms with E-state index in [0.717, 1.165) is 0 Å². The van der Waals surface area contributed by atoms with Crippen LogP contribution in [0.25, 0.3) is 0 Å². The molecule has 1 aromatic carbocycles. The number of esters is 2. The molecular weight excluding hydrogens is 390 g/mol. The molecule has 2 atom stereocenters. The fourth-order valence-electron chi connectivity index (χ4n) is 3.10. The lowest BCUT2D eigenvalue weighted by molar-refractivity contribution is -0.313. The van der Waals surface area contributed by atoms with Crippen molar-refractivity contribution < 1.29 is 33.8 Å². The van der Waals surface area contributed by atoms with E-state index in [1.807, 2.05) is 0 Å². The van der Waals surface area contributed by atoms with E-state index in [1.165, 1.54) is 18.2 Å². The normalized spacial score (nSPS) is 18.2. The fourth-order valence-corrected chi connectivity index (χ4v) is 3.10. The van der Waals surface area contributed by atoms with Gasteiger partial charge in [-0.15, -0.1) is 0 Å². The van der Waals surface area contributed by atoms with E-state index in [9.17, 15) is 24.3 Å². The van der Waals surface area contributed by atoms with Gasteiger partial charge in [0.05, 0.1) is 29.3 Å². The molecule has 0 bridgehead atoms. The average molecular weight is 416 g/mol. The Morgan fingerprint density at radius 1 is 0.867 bits per heavy atom. The summed E-state index contributed by atoms with van der Waals surface area (Å²) in [5, 5.41) is 14.0. The fraction of sp³-hybridized carbons (Fsp3) is 0.455. The van der Waals surface area contributed by atoms with Crippen LogP contribution in [-0.2, 0) is 19.1 Å². The van der Waals surface area contributed by atoms with E-state index >= 15 is 0 Å². The molecule has 0 radical (unpaired) electrons. The summed E-state index contributed by atoms with van der Waals surface area (Å²) in [6, 6.07) is 4.08. The molecule has 0 saturated carbocycles. The maximum Gasteiger partial charge on any atom is 0.338 e. The van der Waals surface area contributed by atoms with Gasteiger partial charge in [0.25, 0.3) is 0 Å². The second-order valence-corrected chi connectivity index (χ2v) is 7.67. The number of benzene rings is 1. The standard InChI is InChI=1S/C22H27NO7/c1-12(2)29-21(27)14-9-15(22(28)30-13(3)4)11-16(10-14)23-19(24)17-7-5-6-8-18(17)20(25)26/h5-6,9-13,17-18H,7-8H2,1-4H3,(H,23,24)(H,25,26)/p-1. The molecule has 8 heteroatoms. The van der Waals surface area contributed by atoms with Crippen molar-refractivity contribution in [3.05, 3.63) is 41.5 Å². The topological polar surface area (TPSA) is 122 Å². The number of rotatable bonds is 7. The number of aliphatic carboxylic acids is 1. The zero-order valence-electron chi connectivity index (χ0n) is 17.5. The van der Waals surface area contributed by atoms with Gasteiger partial charge in [-0.2, -0.15) is 0 Å². The summed E-state index contributed by atoms with van der Waals surface area (Å²) < 4.78 is 10.4. The third-order valence-corrected chi connectivity index (χ3v) is 4.43. The highest BCUT2D eigenvalue weighted by atomic mass is 16.5. The molecule has 30 heavy (non-hydrogen) atoms. The van der Waals surface area contributed by atoms with Gasteiger partial charge in [0.15, 0.2) is 0 Å². The van der Waals surface area contributed by atoms with E-state index in [0.29, 0.717) is 0 Å². The van der Waals surface area contributed by atoms with Crippen LogP contribution < -0.4 is 10.4 Å². The molecule has 1 amide bonds. The number of hydrogen-bond acceptors (Lipinski definition) is 7. The molecule has 1 aliphatic rings. The second kappa shape index (κ2) is 10.0. The predicted molar refractivity (Wildman–Crippen MR) is 107 cm³/mol. The number of carbonyl (C=O) groups is 4. The first-order chi connectivity index (χ1) is 14.1. The second-order valence-electron chi connectivity index (χ2n) is 7.67. The van der Waals surface area contributed by atoms with Gasteiger partial charge < -0.3 is 24.7 Å². The molecule has 162 valence electrons. The first kappa shape index (κ1) is 23.1. The summed E-state index contributed by atoms with van der Waals surface area (Å²) in [5.74, 6) is -4.92. The number of allylic oxidation sites excluding steroid dienone is 2. The summed E-state index contributed by atoms with van der Waals surface area (Å²) in [7, 11) is 0. The van der Waals surface area contributed by atoms with Gasteiger partial charge in [-0.3, -0.25) is 4.79 Å². The van der Waals surface area contributed by atoms with Crippen LogP contribution in [-0.4, -0.2) is 36.0 Å². The largest absolute Gasteiger partial charge is 0.550 e. The van der Waals surface area contributed by atoms with E-state index in [-0.39, 0.29) is 41.9 Å². The molecule has 1 N–H and O–H groups in total. The maximum atomic E-state index is 12.7. The Bertz CT molecular complexity index is 817. The highest BCUT2D eigenvalue weighted by molar-refractivity contribution is 6.00. The van der Waals surface area contributed by atoms with Crippen LogP contribution in [0.15, 0.2) is 30.4 Å². The smallest absolute Gasteiger partial charge is 0.338 e. The van der Waals surface area contributed by atoms with Crippen molar-refractivity contribution in [1.29, 1.82) is 0 Å². The number of nitrogens with one attached hydrogen (secondary N) is 1. The first-order valence-electron chi connectivity index (χ1n) is 9.82. The Labute approximate surface area is 175 Å². The highest BCUT2D eigenvalue weighted by Gasteiger charge is 2.30. The average Bonchev–Trinajstić information content (AvgIpc) is 2.66. The van der Waals surface area contributed by atoms with E-state index in [1.54, 1.807) is 39.8 Å². The molecule has 0 aromatic heterocycles. The van der Waals surface area contributed by atoms with Crippen molar-refractivity contribution in [2.24, 2.45) is 11.8 Å². The van der Waals surface area contributed by atoms with Gasteiger partial charge in [-0.05, 0) is 58.7 Å². The van der Waals surface area contributed by atoms with Crippen LogP contribution in [0.4, 0.5) is 5.69 Å². The number of ether oxygens (including phenoxy) is 2. The molecule has 0 saturated heterocycles. The molecular formula is C22H26NO7-. The quantitative estimate of drug-likeness (QED) is 0.533. The summed E-state index contributed by atoms with van der Waals surface area (Å²) in [5.41, 5.74) is 0.301. The summed E-state index contributed by atoms with van der Waals surface area (Å²) in [4.78, 5) is 48.8. The SMILES string of the molecule is CC(C)OC(=O)c1cc(NC(=O)C2CC=CCC2C(=O)[O-])cc(C(=O)OC(C)C)c1. The number of carboxylic acids is 1. The van der Waals surface area contributed by atoms with Crippen molar-refractivity contribution in [1.82, 2.24) is 0 Å². The summed E-state index contributed by atoms with van der Waals surface area (Å²) >= 11 is 0. The third-order valence-electron chi connectivity index (χ3n) is 4.43. The zero-order valence-corrected chi connectivity index (χ0v) is 17.5. The molecule has 1 aliphatic carbocycles. The van der Waals surface area contributed by atoms with Gasteiger partial charge in [-0.1, -0.05) is 12.2 Å². The van der Waals surface area contributed by atoms with Crippen molar-refractivity contribution in [2.45, 2.75) is 52.7 Å². The van der Waals surface area contributed by atoms with Crippen LogP contribution in [0.1, 0.15) is 61.3 Å². The number of anilines is 1. The van der Waals surface area contributed by atoms with E-state index < -0.39 is 35.7 Å². The lowest BCUT2D eigenvalue weighted by Gasteiger charge is -2.28. The van der Waals surface area contributed by atoms with Gasteiger partial charge in [0, 0.05) is 17.6 Å². The minimum absolute atomic E-state index is 0.0668. The minimum Gasteiger partial charge on any atom is -0.550 e. The van der Waals surface area contributed by atoms with Crippen LogP contribution in [0.5, 0.6) is 0 Å². The molecule has 2 unspecified atom stereocenters. The molecule has 2 rings (SSSR count). The van der Waals surface area contributed by atoms with E-state index in [4.69, 9.17) is 9.47 Å². The maximum absolute atomic E-state index is 12.7. The van der Waals surface area contributed by atoms with Crippen LogP contribution in [0.3, 0.4) is 0 Å². The summed E-state index contributed by atoms with van der Waals surface area (Å²) in [6.07, 6.45) is 3.15. The van der Waals surface area contributed by atoms with Crippen LogP contribution >= 0.6 is 0 Å². The Morgan fingerprint density at radius 3 is 1.77 bits per heavy atom. The van der Waals surface area contributed by atoms with Crippen molar-refractivity contribution in [3.8, 4) is 0 Å². The van der Waals surface area contributed by atoms with Crippen molar-refractivity contribution in [2.75, 3.05) is 5.32 Å². The lowest BCUT2D eigenvalue weighted by atomic mass is 9.82. The minimum atomic E-state index is -1.30. The molecule has 8 nitrogen and oxygen atoms in total. The predicted octanol–water partition coefficient (Wildman–Crippen LogP) is 2.09. The molecule has 0 aliphatic heterocycles. The molecule has 0 spiro atoms. The van der Waals surface area contributed by atoms with Crippen LogP contribution in [0.2, 0.25) is 0 Å². The Balaban J connectivity index is 2.33. The zero-order chi connectivity index (χ0) is 22.4. The van der Waals surface area contributed by atoms with Gasteiger partial charge in [-0.25, -0.2) is 9.59 Å². The number of amides is 1. The molecule has 1 aromatic rings. The summed E-state index contributed by atoms with van der Waals surface area (Å²) in [6.45, 7) is 6.75. The first-order valence-corrected chi connectivity index (χ1v) is 9.82. The monoisotopic (exact) mass is 416 g/mol. The number of carbonyl (C=O) groups excluding carboxylic acids is 4. The third kappa shape index (κ3) is 6.17. The lowest BCUT2D eigenvalue weighted by Crippen LogP contribution is -2.41.